The van der Waals surface area contributed by atoms with Crippen LogP contribution in [0.2, 0.25) is 0 Å². The first-order chi connectivity index (χ1) is 14.5. The first-order valence-electron chi connectivity index (χ1n) is 9.21. The van der Waals surface area contributed by atoms with E-state index < -0.39 is 30.4 Å². The van der Waals surface area contributed by atoms with Gasteiger partial charge in [-0.3, -0.25) is 14.4 Å². The van der Waals surface area contributed by atoms with E-state index in [-0.39, 0.29) is 17.8 Å². The van der Waals surface area contributed by atoms with Crippen LogP contribution in [0.1, 0.15) is 15.9 Å². The van der Waals surface area contributed by atoms with Gasteiger partial charge in [0.25, 0.3) is 5.91 Å². The number of amides is 1. The lowest BCUT2D eigenvalue weighted by molar-refractivity contribution is -0.137. The summed E-state index contributed by atoms with van der Waals surface area (Å²) in [4.78, 5) is 12.4. The fraction of sp³-hybridized carbons (Fsp3) is 0.250. The van der Waals surface area contributed by atoms with E-state index in [0.29, 0.717) is 22.4 Å². The highest BCUT2D eigenvalue weighted by molar-refractivity contribution is 6.05. The lowest BCUT2D eigenvalue weighted by Crippen LogP contribution is -2.33. The molecule has 1 heterocycles. The summed E-state index contributed by atoms with van der Waals surface area (Å²) in [6.07, 6.45) is -5.55. The maximum Gasteiger partial charge on any atom is 0.416 e. The van der Waals surface area contributed by atoms with E-state index in [1.165, 1.54) is 36.3 Å². The highest BCUT2D eigenvalue weighted by Crippen LogP contribution is 2.38. The Balaban J connectivity index is 2.08. The van der Waals surface area contributed by atoms with Gasteiger partial charge in [-0.05, 0) is 42.5 Å². The molecule has 8 nitrogen and oxygen atoms in total. The molecule has 3 rings (SSSR count). The number of benzene rings is 2. The minimum atomic E-state index is -4.46. The molecule has 0 fully saturated rings. The minimum Gasteiger partial charge on any atom is -0.395 e. The predicted molar refractivity (Wildman–Crippen MR) is 111 cm³/mol. The maximum absolute atomic E-state index is 12.9. The number of nitrogens with zero attached hydrogens (tertiary/aromatic N) is 2. The molecule has 3 aromatic rings. The van der Waals surface area contributed by atoms with Crippen molar-refractivity contribution >= 4 is 28.3 Å². The second-order valence-electron chi connectivity index (χ2n) is 7.01. The molecule has 0 aliphatic rings. The fourth-order valence-electron chi connectivity index (χ4n) is 3.23. The Bertz CT molecular complexity index is 1090. The molecular weight excluding hydrogens is 415 g/mol. The number of nitrogens with two attached hydrogens (primary N) is 2. The first-order valence-corrected chi connectivity index (χ1v) is 9.21. The molecule has 0 aliphatic heterocycles. The summed E-state index contributed by atoms with van der Waals surface area (Å²) in [6.45, 7) is -0.624. The van der Waals surface area contributed by atoms with Gasteiger partial charge in [-0.15, -0.1) is 0 Å². The largest absolute Gasteiger partial charge is 0.416 e. The second-order valence-corrected chi connectivity index (χ2v) is 7.01. The van der Waals surface area contributed by atoms with Crippen LogP contribution >= 0.6 is 0 Å². The van der Waals surface area contributed by atoms with Crippen molar-refractivity contribution in [2.24, 2.45) is 5.84 Å². The molecule has 1 unspecified atom stereocenters. The van der Waals surface area contributed by atoms with Crippen molar-refractivity contribution in [2.75, 3.05) is 30.9 Å². The lowest BCUT2D eigenvalue weighted by Gasteiger charge is -2.18. The van der Waals surface area contributed by atoms with E-state index in [1.807, 2.05) is 0 Å². The van der Waals surface area contributed by atoms with E-state index in [1.54, 1.807) is 10.6 Å². The molecule has 11 heteroatoms. The third-order valence-corrected chi connectivity index (χ3v) is 4.74. The average molecular weight is 437 g/mol. The molecule has 0 aliphatic carbocycles. The normalized spacial score (nSPS) is 12.7. The van der Waals surface area contributed by atoms with Crippen molar-refractivity contribution in [3.8, 4) is 5.69 Å². The number of nitrogen functional groups attached to an aromatic ring is 1. The molecule has 31 heavy (non-hydrogen) atoms. The predicted octanol–water partition coefficient (Wildman–Crippen LogP) is 1.62. The SMILES string of the molecule is CN(N)c1c(N)c2cc(C(=O)NCC(O)CO)ccc2n1-c1ccc(C(F)(F)F)cc1. The number of anilines is 2. The standard InChI is InChI=1S/C20H22F3N5O3/c1-27(25)19-17(24)15-8-11(18(31)26-9-14(30)10-29)2-7-16(15)28(19)13-5-3-12(4-6-13)20(21,22)23/h2-8,14,29-30H,9-10,24-25H2,1H3,(H,26,31). The Kier molecular flexibility index (Phi) is 6.11. The Morgan fingerprint density at radius 2 is 1.87 bits per heavy atom. The van der Waals surface area contributed by atoms with E-state index in [2.05, 4.69) is 5.32 Å². The molecule has 1 atom stereocenters. The first kappa shape index (κ1) is 22.4. The number of hydrogen-bond donors (Lipinski definition) is 5. The number of aromatic nitrogens is 1. The average Bonchev–Trinajstić information content (AvgIpc) is 3.03. The van der Waals surface area contributed by atoms with Gasteiger partial charge in [-0.2, -0.15) is 13.2 Å². The third kappa shape index (κ3) is 4.43. The fourth-order valence-corrected chi connectivity index (χ4v) is 3.23. The summed E-state index contributed by atoms with van der Waals surface area (Å²) in [5.74, 6) is 5.78. The number of hydrazine groups is 1. The number of aliphatic hydroxyl groups excluding tert-OH is 2. The maximum atomic E-state index is 12.9. The van der Waals surface area contributed by atoms with Gasteiger partial charge in [0.2, 0.25) is 0 Å². The summed E-state index contributed by atoms with van der Waals surface area (Å²) < 4.78 is 40.4. The Labute approximate surface area is 175 Å². The van der Waals surface area contributed by atoms with Crippen molar-refractivity contribution in [1.82, 2.24) is 9.88 Å². The van der Waals surface area contributed by atoms with Gasteiger partial charge in [-0.1, -0.05) is 0 Å². The van der Waals surface area contributed by atoms with Crippen LogP contribution < -0.4 is 21.9 Å². The highest BCUT2D eigenvalue weighted by Gasteiger charge is 2.30. The monoisotopic (exact) mass is 437 g/mol. The lowest BCUT2D eigenvalue weighted by atomic mass is 10.1. The van der Waals surface area contributed by atoms with E-state index in [0.717, 1.165) is 12.1 Å². The van der Waals surface area contributed by atoms with E-state index in [9.17, 15) is 23.1 Å². The zero-order valence-corrected chi connectivity index (χ0v) is 16.5. The van der Waals surface area contributed by atoms with Crippen LogP contribution in [0.3, 0.4) is 0 Å². The molecule has 0 radical (unpaired) electrons. The molecule has 166 valence electrons. The second kappa shape index (κ2) is 8.46. The number of aliphatic hydroxyl groups is 2. The van der Waals surface area contributed by atoms with E-state index in [4.69, 9.17) is 16.7 Å². The van der Waals surface area contributed by atoms with Crippen molar-refractivity contribution in [1.29, 1.82) is 0 Å². The molecular formula is C20H22F3N5O3. The molecule has 7 N–H and O–H groups in total. The van der Waals surface area contributed by atoms with Gasteiger partial charge in [0.15, 0.2) is 5.82 Å². The number of alkyl halides is 3. The van der Waals surface area contributed by atoms with Crippen LogP contribution in [0.15, 0.2) is 42.5 Å². The number of carbonyl (C=O) groups excluding carboxylic acids is 1. The number of halogens is 3. The van der Waals surface area contributed by atoms with Crippen LogP contribution in [0.4, 0.5) is 24.7 Å². The zero-order valence-electron chi connectivity index (χ0n) is 16.5. The number of nitrogens with one attached hydrogen (secondary N) is 1. The quantitative estimate of drug-likeness (QED) is 0.294. The third-order valence-electron chi connectivity index (χ3n) is 4.74. The summed E-state index contributed by atoms with van der Waals surface area (Å²) in [5, 5.41) is 22.4. The van der Waals surface area contributed by atoms with Crippen LogP contribution in [-0.2, 0) is 6.18 Å². The van der Waals surface area contributed by atoms with Gasteiger partial charge in [0.1, 0.15) is 0 Å². The Morgan fingerprint density at radius 3 is 2.42 bits per heavy atom. The van der Waals surface area contributed by atoms with Crippen LogP contribution in [0.25, 0.3) is 16.6 Å². The topological polar surface area (TPSA) is 130 Å². The molecule has 0 bridgehead atoms. The highest BCUT2D eigenvalue weighted by atomic mass is 19.4. The summed E-state index contributed by atoms with van der Waals surface area (Å²) >= 11 is 0. The van der Waals surface area contributed by atoms with Crippen LogP contribution in [0.5, 0.6) is 0 Å². The van der Waals surface area contributed by atoms with Crippen molar-refractivity contribution in [3.05, 3.63) is 53.6 Å². The number of hydrogen-bond acceptors (Lipinski definition) is 6. The summed E-state index contributed by atoms with van der Waals surface area (Å²) in [6, 6.07) is 9.20. The van der Waals surface area contributed by atoms with E-state index >= 15 is 0 Å². The Morgan fingerprint density at radius 1 is 1.23 bits per heavy atom. The number of fused-ring (bicyclic) bond motifs is 1. The van der Waals surface area contributed by atoms with Crippen LogP contribution in [-0.4, -0.2) is 47.0 Å². The molecule has 0 saturated heterocycles. The smallest absolute Gasteiger partial charge is 0.395 e. The summed E-state index contributed by atoms with van der Waals surface area (Å²) in [5.41, 5.74) is 6.91. The van der Waals surface area contributed by atoms with Gasteiger partial charge in [0.05, 0.1) is 29.5 Å². The molecule has 2 aromatic carbocycles. The molecule has 0 spiro atoms. The zero-order chi connectivity index (χ0) is 22.9. The van der Waals surface area contributed by atoms with Crippen molar-refractivity contribution in [3.63, 3.8) is 0 Å². The minimum absolute atomic E-state index is 0.133. The van der Waals surface area contributed by atoms with Gasteiger partial charge in [-0.25, -0.2) is 5.84 Å². The number of carbonyl (C=O) groups is 1. The molecule has 0 saturated carbocycles. The van der Waals surface area contributed by atoms with Crippen molar-refractivity contribution in [2.45, 2.75) is 12.3 Å². The van der Waals surface area contributed by atoms with Crippen LogP contribution in [0, 0.1) is 0 Å². The molecule has 1 amide bonds. The van der Waals surface area contributed by atoms with Gasteiger partial charge >= 0.3 is 6.18 Å². The number of rotatable bonds is 6. The van der Waals surface area contributed by atoms with Crippen molar-refractivity contribution < 1.29 is 28.2 Å². The summed E-state index contributed by atoms with van der Waals surface area (Å²) in [7, 11) is 1.54. The van der Waals surface area contributed by atoms with Gasteiger partial charge < -0.3 is 21.3 Å². The van der Waals surface area contributed by atoms with Gasteiger partial charge in [0, 0.05) is 30.2 Å². The molecule has 1 aromatic heterocycles. The Hall–Kier alpha value is -3.28.